The molecule has 45 heavy (non-hydrogen) atoms. The first-order valence-electron chi connectivity index (χ1n) is 17.5. The van der Waals surface area contributed by atoms with Crippen LogP contribution < -0.4 is 10.2 Å². The molecule has 8 heteroatoms. The number of halogens is 2. The number of aromatic nitrogens is 2. The van der Waals surface area contributed by atoms with Gasteiger partial charge in [-0.15, -0.1) is 12.4 Å². The summed E-state index contributed by atoms with van der Waals surface area (Å²) in [6.45, 7) is 20.4. The molecule has 3 rings (SSSR count). The second-order valence-corrected chi connectivity index (χ2v) is 13.2. The van der Waals surface area contributed by atoms with Gasteiger partial charge in [-0.05, 0) is 120 Å². The van der Waals surface area contributed by atoms with Crippen LogP contribution in [0.25, 0.3) is 10.8 Å². The summed E-state index contributed by atoms with van der Waals surface area (Å²) in [4.78, 5) is 17.8. The quantitative estimate of drug-likeness (QED) is 0.106. The predicted octanol–water partition coefficient (Wildman–Crippen LogP) is 10.3. The molecule has 0 spiro atoms. The van der Waals surface area contributed by atoms with Gasteiger partial charge in [-0.1, -0.05) is 81.4 Å². The lowest BCUT2D eigenvalue weighted by atomic mass is 10.1. The summed E-state index contributed by atoms with van der Waals surface area (Å²) in [6.07, 6.45) is 12.5. The fraction of sp³-hybridized carbons (Fsp3) is 0.622. The van der Waals surface area contributed by atoms with Crippen LogP contribution in [-0.4, -0.2) is 72.1 Å². The second kappa shape index (κ2) is 22.6. The number of hydrogen-bond donors (Lipinski definition) is 1. The van der Waals surface area contributed by atoms with Gasteiger partial charge in [0.15, 0.2) is 0 Å². The van der Waals surface area contributed by atoms with Gasteiger partial charge in [0.1, 0.15) is 5.82 Å². The highest BCUT2D eigenvalue weighted by Gasteiger charge is 2.14. The molecule has 252 valence electrons. The fourth-order valence-corrected chi connectivity index (χ4v) is 6.08. The number of aryl methyl sites for hydroxylation is 1. The first kappa shape index (κ1) is 39.2. The Bertz CT molecular complexity index is 1180. The molecule has 0 unspecified atom stereocenters. The maximum absolute atomic E-state index is 5.09. The number of anilines is 3. The molecule has 0 aliphatic rings. The minimum absolute atomic E-state index is 0. The van der Waals surface area contributed by atoms with Gasteiger partial charge in [-0.3, -0.25) is 0 Å². The van der Waals surface area contributed by atoms with Crippen LogP contribution in [0.2, 0.25) is 0 Å². The summed E-state index contributed by atoms with van der Waals surface area (Å²) in [6, 6.07) is 15.0. The minimum atomic E-state index is 0. The molecule has 6 nitrogen and oxygen atoms in total. The zero-order valence-corrected chi connectivity index (χ0v) is 31.2. The van der Waals surface area contributed by atoms with E-state index in [2.05, 4.69) is 113 Å². The largest absolute Gasteiger partial charge is 0.356 e. The maximum atomic E-state index is 5.09. The molecular weight excluding hydrogens is 644 g/mol. The van der Waals surface area contributed by atoms with Crippen LogP contribution >= 0.6 is 28.3 Å². The van der Waals surface area contributed by atoms with Gasteiger partial charge in [0, 0.05) is 35.0 Å². The SMILES string of the molecule is CCCCN(CCCC)CCCN(CCCN(CCCC)CCCC)c1cc(C)nc(Nc2ccc3cc(Br)ccc3c2)n1.Cl. The third kappa shape index (κ3) is 14.6. The number of rotatable bonds is 23. The van der Waals surface area contributed by atoms with Crippen molar-refractivity contribution < 1.29 is 0 Å². The lowest BCUT2D eigenvalue weighted by molar-refractivity contribution is 0.258. The highest BCUT2D eigenvalue weighted by Crippen LogP contribution is 2.25. The van der Waals surface area contributed by atoms with Crippen LogP contribution in [0.4, 0.5) is 17.5 Å². The summed E-state index contributed by atoms with van der Waals surface area (Å²) >= 11 is 3.58. The van der Waals surface area contributed by atoms with E-state index in [9.17, 15) is 0 Å². The average Bonchev–Trinajstić information content (AvgIpc) is 3.02. The van der Waals surface area contributed by atoms with Crippen molar-refractivity contribution in [1.82, 2.24) is 19.8 Å². The predicted molar refractivity (Wildman–Crippen MR) is 203 cm³/mol. The van der Waals surface area contributed by atoms with Gasteiger partial charge in [0.05, 0.1) is 0 Å². The van der Waals surface area contributed by atoms with Gasteiger partial charge in [0.25, 0.3) is 0 Å². The fourth-order valence-electron chi connectivity index (χ4n) is 5.70. The van der Waals surface area contributed by atoms with Crippen molar-refractivity contribution in [3.05, 3.63) is 52.6 Å². The standard InChI is InChI=1S/C37H59BrN6.ClH/c1-6-10-20-42(21-11-7-2)24-14-26-44(27-15-25-43(22-12-8-3)23-13-9-4)36-28-31(5)39-37(41-36)40-35-19-17-32-29-34(38)18-16-33(32)30-35;/h16-19,28-30H,6-15,20-27H2,1-5H3,(H,39,40,41);1H. The van der Waals surface area contributed by atoms with E-state index in [-0.39, 0.29) is 12.4 Å². The minimum Gasteiger partial charge on any atom is -0.356 e. The Morgan fingerprint density at radius 1 is 0.600 bits per heavy atom. The third-order valence-electron chi connectivity index (χ3n) is 8.34. The topological polar surface area (TPSA) is 47.5 Å². The summed E-state index contributed by atoms with van der Waals surface area (Å²) in [5.74, 6) is 1.70. The Labute approximate surface area is 289 Å². The molecule has 0 fully saturated rings. The van der Waals surface area contributed by atoms with E-state index in [0.717, 1.165) is 60.7 Å². The molecule has 0 saturated heterocycles. The Morgan fingerprint density at radius 3 is 1.62 bits per heavy atom. The van der Waals surface area contributed by atoms with Gasteiger partial charge in [-0.25, -0.2) is 4.98 Å². The van der Waals surface area contributed by atoms with Crippen LogP contribution in [0.5, 0.6) is 0 Å². The summed E-state index contributed by atoms with van der Waals surface area (Å²) < 4.78 is 1.09. The summed E-state index contributed by atoms with van der Waals surface area (Å²) in [7, 11) is 0. The van der Waals surface area contributed by atoms with Crippen LogP contribution in [0.3, 0.4) is 0 Å². The van der Waals surface area contributed by atoms with E-state index in [0.29, 0.717) is 5.95 Å². The highest BCUT2D eigenvalue weighted by molar-refractivity contribution is 9.10. The van der Waals surface area contributed by atoms with Crippen molar-refractivity contribution in [2.45, 2.75) is 98.8 Å². The zero-order valence-electron chi connectivity index (χ0n) is 28.8. The lowest BCUT2D eigenvalue weighted by Gasteiger charge is -2.28. The molecule has 0 aliphatic heterocycles. The monoisotopic (exact) mass is 702 g/mol. The Kier molecular flexibility index (Phi) is 19.7. The van der Waals surface area contributed by atoms with Crippen molar-refractivity contribution >= 4 is 56.6 Å². The van der Waals surface area contributed by atoms with E-state index >= 15 is 0 Å². The number of unbranched alkanes of at least 4 members (excludes halogenated alkanes) is 4. The third-order valence-corrected chi connectivity index (χ3v) is 8.83. The molecule has 1 aromatic heterocycles. The Hall–Kier alpha value is -1.93. The lowest BCUT2D eigenvalue weighted by Crippen LogP contribution is -2.34. The van der Waals surface area contributed by atoms with Gasteiger partial charge in [0.2, 0.25) is 5.95 Å². The molecule has 1 heterocycles. The summed E-state index contributed by atoms with van der Waals surface area (Å²) in [5, 5.41) is 5.91. The van der Waals surface area contributed by atoms with Crippen molar-refractivity contribution in [1.29, 1.82) is 0 Å². The normalized spacial score (nSPS) is 11.4. The van der Waals surface area contributed by atoms with Crippen LogP contribution in [0.15, 0.2) is 46.9 Å². The number of hydrogen-bond acceptors (Lipinski definition) is 6. The van der Waals surface area contributed by atoms with Gasteiger partial charge >= 0.3 is 0 Å². The van der Waals surface area contributed by atoms with E-state index in [4.69, 9.17) is 9.97 Å². The number of nitrogens with zero attached hydrogens (tertiary/aromatic N) is 5. The van der Waals surface area contributed by atoms with Crippen LogP contribution in [-0.2, 0) is 0 Å². The van der Waals surface area contributed by atoms with Crippen LogP contribution in [0, 0.1) is 6.92 Å². The van der Waals surface area contributed by atoms with Crippen molar-refractivity contribution in [3.8, 4) is 0 Å². The smallest absolute Gasteiger partial charge is 0.229 e. The van der Waals surface area contributed by atoms with E-state index in [1.165, 1.54) is 88.3 Å². The summed E-state index contributed by atoms with van der Waals surface area (Å²) in [5.41, 5.74) is 2.00. The zero-order chi connectivity index (χ0) is 31.6. The van der Waals surface area contributed by atoms with Gasteiger partial charge in [-0.2, -0.15) is 4.98 Å². The maximum Gasteiger partial charge on any atom is 0.229 e. The van der Waals surface area contributed by atoms with E-state index in [1.807, 2.05) is 0 Å². The molecule has 3 aromatic rings. The molecular formula is C37H60BrClN6. The van der Waals surface area contributed by atoms with E-state index in [1.54, 1.807) is 0 Å². The number of nitrogens with one attached hydrogen (secondary N) is 1. The highest BCUT2D eigenvalue weighted by atomic mass is 79.9. The Morgan fingerprint density at radius 2 is 1.09 bits per heavy atom. The molecule has 1 N–H and O–H groups in total. The molecule has 0 bridgehead atoms. The van der Waals surface area contributed by atoms with Gasteiger partial charge < -0.3 is 20.0 Å². The van der Waals surface area contributed by atoms with Crippen molar-refractivity contribution in [2.75, 3.05) is 62.6 Å². The first-order chi connectivity index (χ1) is 21.4. The number of fused-ring (bicyclic) bond motifs is 1. The molecule has 0 radical (unpaired) electrons. The van der Waals surface area contributed by atoms with Crippen molar-refractivity contribution in [3.63, 3.8) is 0 Å². The average molecular weight is 704 g/mol. The van der Waals surface area contributed by atoms with E-state index < -0.39 is 0 Å². The Balaban J connectivity index is 0.00000705. The first-order valence-corrected chi connectivity index (χ1v) is 18.3. The second-order valence-electron chi connectivity index (χ2n) is 12.3. The molecule has 0 saturated carbocycles. The number of benzene rings is 2. The molecule has 0 atom stereocenters. The van der Waals surface area contributed by atoms with Crippen LogP contribution in [0.1, 0.15) is 97.6 Å². The molecule has 0 aliphatic carbocycles. The molecule has 2 aromatic carbocycles. The van der Waals surface area contributed by atoms with Crippen molar-refractivity contribution in [2.24, 2.45) is 0 Å². The molecule has 0 amide bonds.